The van der Waals surface area contributed by atoms with Crippen molar-refractivity contribution in [3.05, 3.63) is 0 Å². The third kappa shape index (κ3) is 72.4. The SMILES string of the molecule is CCCCCCCCCCCCCCCCC(=O)O[C@H](COC(=O)CCCCCCCCCCCCCC)COP(=O)(O)OC[C@H](O)COP(=O)(O)OC[C@@H](COC(=O)CCCCCCCCCCCCCCC(C)C)OC(=O)CCCCCCCCCCCCCCCCC(C)C. The molecule has 0 heterocycles. The van der Waals surface area contributed by atoms with E-state index in [9.17, 15) is 43.2 Å². The van der Waals surface area contributed by atoms with Gasteiger partial charge in [0.15, 0.2) is 12.2 Å². The Morgan fingerprint density at radius 1 is 0.276 bits per heavy atom. The zero-order valence-electron chi connectivity index (χ0n) is 64.1. The second-order valence-electron chi connectivity index (χ2n) is 29.4. The molecule has 0 bridgehead atoms. The second-order valence-corrected chi connectivity index (χ2v) is 32.3. The number of aliphatic hydroxyl groups excluding tert-OH is 1. The van der Waals surface area contributed by atoms with E-state index in [0.717, 1.165) is 102 Å². The van der Waals surface area contributed by atoms with Gasteiger partial charge in [-0.25, -0.2) is 9.13 Å². The van der Waals surface area contributed by atoms with Crippen molar-refractivity contribution in [2.45, 2.75) is 432 Å². The average molecular weight is 1440 g/mol. The van der Waals surface area contributed by atoms with Gasteiger partial charge in [0.1, 0.15) is 19.3 Å². The van der Waals surface area contributed by atoms with Gasteiger partial charge >= 0.3 is 39.5 Å². The van der Waals surface area contributed by atoms with Crippen LogP contribution in [0.25, 0.3) is 0 Å². The van der Waals surface area contributed by atoms with Gasteiger partial charge < -0.3 is 33.8 Å². The molecular formula is C79H154O17P2. The Balaban J connectivity index is 5.26. The van der Waals surface area contributed by atoms with Crippen molar-refractivity contribution in [3.63, 3.8) is 0 Å². The molecule has 5 atom stereocenters. The maximum absolute atomic E-state index is 13.1. The molecule has 0 aromatic heterocycles. The van der Waals surface area contributed by atoms with E-state index in [1.54, 1.807) is 0 Å². The molecule has 0 saturated carbocycles. The van der Waals surface area contributed by atoms with Crippen LogP contribution in [0.2, 0.25) is 0 Å². The molecular weight excluding hydrogens is 1280 g/mol. The molecule has 0 aliphatic heterocycles. The molecule has 582 valence electrons. The molecule has 0 aliphatic rings. The lowest BCUT2D eigenvalue weighted by molar-refractivity contribution is -0.161. The summed E-state index contributed by atoms with van der Waals surface area (Å²) in [6.45, 7) is 9.66. The number of hydrogen-bond donors (Lipinski definition) is 3. The summed E-state index contributed by atoms with van der Waals surface area (Å²) in [6, 6.07) is 0. The van der Waals surface area contributed by atoms with Crippen molar-refractivity contribution in [1.82, 2.24) is 0 Å². The van der Waals surface area contributed by atoms with Gasteiger partial charge in [-0.1, -0.05) is 363 Å². The van der Waals surface area contributed by atoms with Gasteiger partial charge in [0, 0.05) is 25.7 Å². The number of carbonyl (C=O) groups excluding carboxylic acids is 4. The topological polar surface area (TPSA) is 237 Å². The van der Waals surface area contributed by atoms with Crippen molar-refractivity contribution in [1.29, 1.82) is 0 Å². The van der Waals surface area contributed by atoms with E-state index in [4.69, 9.17) is 37.0 Å². The second kappa shape index (κ2) is 70.7. The lowest BCUT2D eigenvalue weighted by atomic mass is 10.0. The minimum Gasteiger partial charge on any atom is -0.462 e. The molecule has 19 heteroatoms. The summed E-state index contributed by atoms with van der Waals surface area (Å²) in [5.74, 6) is -0.531. The van der Waals surface area contributed by atoms with E-state index in [1.165, 1.54) is 231 Å². The van der Waals surface area contributed by atoms with Gasteiger partial charge in [0.2, 0.25) is 0 Å². The van der Waals surface area contributed by atoms with E-state index in [-0.39, 0.29) is 25.7 Å². The Hall–Kier alpha value is -1.94. The summed E-state index contributed by atoms with van der Waals surface area (Å²) in [4.78, 5) is 73.0. The van der Waals surface area contributed by atoms with Crippen LogP contribution in [-0.2, 0) is 65.4 Å². The first-order chi connectivity index (χ1) is 47.4. The molecule has 0 aromatic carbocycles. The highest BCUT2D eigenvalue weighted by molar-refractivity contribution is 7.47. The van der Waals surface area contributed by atoms with Gasteiger partial charge in [-0.05, 0) is 37.5 Å². The summed E-state index contributed by atoms with van der Waals surface area (Å²) in [5.41, 5.74) is 0. The van der Waals surface area contributed by atoms with E-state index in [2.05, 4.69) is 41.5 Å². The fourth-order valence-electron chi connectivity index (χ4n) is 12.2. The monoisotopic (exact) mass is 1440 g/mol. The number of carbonyl (C=O) groups is 4. The van der Waals surface area contributed by atoms with Crippen molar-refractivity contribution < 1.29 is 80.2 Å². The first kappa shape index (κ1) is 96.1. The number of phosphoric ester groups is 2. The number of rotatable bonds is 78. The molecule has 0 aliphatic carbocycles. The Kier molecular flexibility index (Phi) is 69.3. The third-order valence-electron chi connectivity index (χ3n) is 18.5. The predicted molar refractivity (Wildman–Crippen MR) is 400 cm³/mol. The van der Waals surface area contributed by atoms with E-state index < -0.39 is 97.5 Å². The third-order valence-corrected chi connectivity index (χ3v) is 20.4. The highest BCUT2D eigenvalue weighted by Gasteiger charge is 2.30. The Morgan fingerprint density at radius 2 is 0.469 bits per heavy atom. The lowest BCUT2D eigenvalue weighted by Gasteiger charge is -2.21. The zero-order valence-corrected chi connectivity index (χ0v) is 65.9. The van der Waals surface area contributed by atoms with E-state index in [0.29, 0.717) is 25.7 Å². The summed E-state index contributed by atoms with van der Waals surface area (Å²) < 4.78 is 68.7. The average Bonchev–Trinajstić information content (AvgIpc) is 1.02. The Labute approximate surface area is 600 Å². The van der Waals surface area contributed by atoms with Crippen molar-refractivity contribution in [3.8, 4) is 0 Å². The molecule has 0 rings (SSSR count). The van der Waals surface area contributed by atoms with Gasteiger partial charge in [-0.15, -0.1) is 0 Å². The quantitative estimate of drug-likeness (QED) is 0.0222. The smallest absolute Gasteiger partial charge is 0.462 e. The summed E-state index contributed by atoms with van der Waals surface area (Å²) in [6.07, 6.45) is 59.4. The maximum atomic E-state index is 13.1. The van der Waals surface area contributed by atoms with Gasteiger partial charge in [0.25, 0.3) is 0 Å². The molecule has 17 nitrogen and oxygen atoms in total. The van der Waals surface area contributed by atoms with Gasteiger partial charge in [0.05, 0.1) is 26.4 Å². The molecule has 0 spiro atoms. The Bertz CT molecular complexity index is 1890. The van der Waals surface area contributed by atoms with E-state index in [1.807, 2.05) is 0 Å². The number of aliphatic hydroxyl groups is 1. The van der Waals surface area contributed by atoms with Gasteiger partial charge in [-0.2, -0.15) is 0 Å². The first-order valence-electron chi connectivity index (χ1n) is 41.0. The number of ether oxygens (including phenoxy) is 4. The number of phosphoric acid groups is 2. The molecule has 0 fully saturated rings. The van der Waals surface area contributed by atoms with Crippen LogP contribution < -0.4 is 0 Å². The van der Waals surface area contributed by atoms with Crippen molar-refractivity contribution >= 4 is 39.5 Å². The lowest BCUT2D eigenvalue weighted by Crippen LogP contribution is -2.30. The summed E-state index contributed by atoms with van der Waals surface area (Å²) in [5, 5.41) is 10.6. The number of esters is 4. The minimum atomic E-state index is -4.96. The van der Waals surface area contributed by atoms with Crippen LogP contribution in [0, 0.1) is 11.8 Å². The van der Waals surface area contributed by atoms with Crippen molar-refractivity contribution in [2.75, 3.05) is 39.6 Å². The van der Waals surface area contributed by atoms with Crippen LogP contribution in [0.5, 0.6) is 0 Å². The normalized spacial score (nSPS) is 13.9. The maximum Gasteiger partial charge on any atom is 0.472 e. The van der Waals surface area contributed by atoms with Crippen LogP contribution in [0.3, 0.4) is 0 Å². The van der Waals surface area contributed by atoms with Crippen LogP contribution in [0.4, 0.5) is 0 Å². The molecule has 98 heavy (non-hydrogen) atoms. The first-order valence-corrected chi connectivity index (χ1v) is 44.0. The highest BCUT2D eigenvalue weighted by atomic mass is 31.2. The minimum absolute atomic E-state index is 0.108. The number of hydrogen-bond acceptors (Lipinski definition) is 15. The zero-order chi connectivity index (χ0) is 72.1. The molecule has 2 unspecified atom stereocenters. The molecule has 0 aromatic rings. The highest BCUT2D eigenvalue weighted by Crippen LogP contribution is 2.45. The Morgan fingerprint density at radius 3 is 0.694 bits per heavy atom. The molecule has 0 amide bonds. The predicted octanol–water partition coefficient (Wildman–Crippen LogP) is 23.5. The van der Waals surface area contributed by atoms with E-state index >= 15 is 0 Å². The van der Waals surface area contributed by atoms with Crippen molar-refractivity contribution in [2.24, 2.45) is 11.8 Å². The standard InChI is InChI=1S/C79H154O17P2/c1-7-9-11-13-15-17-19-21-25-33-39-45-51-57-63-78(83)95-74(67-89-76(81)61-55-49-43-37-31-20-18-16-14-12-10-8-2)69-93-97(85,86)91-65-73(80)66-92-98(87,88)94-70-75(68-90-77(82)62-56-50-44-38-32-28-27-30-36-42-48-54-60-72(5)6)96-79(84)64-58-52-46-40-34-26-23-22-24-29-35-41-47-53-59-71(3)4/h71-75,80H,7-70H2,1-6H3,(H,85,86)(H,87,88)/t73-,74+,75+/m0/s1. The van der Waals surface area contributed by atoms with Gasteiger partial charge in [-0.3, -0.25) is 37.3 Å². The molecule has 0 radical (unpaired) electrons. The molecule has 0 saturated heterocycles. The van der Waals surface area contributed by atoms with Crippen LogP contribution >= 0.6 is 15.6 Å². The number of unbranched alkanes of at least 4 members (excludes halogenated alkanes) is 48. The summed E-state index contributed by atoms with van der Waals surface area (Å²) >= 11 is 0. The fraction of sp³-hybridized carbons (Fsp3) is 0.949. The molecule has 3 N–H and O–H groups in total. The van der Waals surface area contributed by atoms with Crippen LogP contribution in [0.1, 0.15) is 414 Å². The largest absolute Gasteiger partial charge is 0.472 e. The van der Waals surface area contributed by atoms with Crippen LogP contribution in [-0.4, -0.2) is 96.7 Å². The van der Waals surface area contributed by atoms with Crippen LogP contribution in [0.15, 0.2) is 0 Å². The fourth-order valence-corrected chi connectivity index (χ4v) is 13.8. The summed E-state index contributed by atoms with van der Waals surface area (Å²) in [7, 11) is -9.92.